The van der Waals surface area contributed by atoms with Gasteiger partial charge in [0.25, 0.3) is 0 Å². The fourth-order valence-corrected chi connectivity index (χ4v) is 2.76. The summed E-state index contributed by atoms with van der Waals surface area (Å²) >= 11 is 0. The van der Waals surface area contributed by atoms with Gasteiger partial charge in [0.15, 0.2) is 0 Å². The molecule has 4 nitrogen and oxygen atoms in total. The van der Waals surface area contributed by atoms with Crippen LogP contribution in [0.4, 0.5) is 0 Å². The summed E-state index contributed by atoms with van der Waals surface area (Å²) < 4.78 is 0. The lowest BCUT2D eigenvalue weighted by atomic mass is 9.71. The highest BCUT2D eigenvalue weighted by Gasteiger charge is 2.31. The van der Waals surface area contributed by atoms with Gasteiger partial charge < -0.3 is 20.1 Å². The highest BCUT2D eigenvalue weighted by Crippen LogP contribution is 2.38. The molecule has 4 heteroatoms. The third kappa shape index (κ3) is 3.22. The molecule has 0 amide bonds. The molecule has 0 fully saturated rings. The van der Waals surface area contributed by atoms with E-state index in [9.17, 15) is 20.1 Å². The van der Waals surface area contributed by atoms with E-state index in [-0.39, 0.29) is 11.5 Å². The first kappa shape index (κ1) is 15.9. The van der Waals surface area contributed by atoms with Crippen molar-refractivity contribution >= 4 is 5.97 Å². The number of hydrogen-bond donors (Lipinski definition) is 2. The number of phenolic OH excluding ortho intramolecular Hbond substituents is 2. The highest BCUT2D eigenvalue weighted by atomic mass is 16.4. The van der Waals surface area contributed by atoms with Gasteiger partial charge in [-0.1, -0.05) is 38.1 Å². The van der Waals surface area contributed by atoms with E-state index in [2.05, 4.69) is 0 Å². The van der Waals surface area contributed by atoms with E-state index < -0.39 is 17.3 Å². The molecule has 0 saturated carbocycles. The van der Waals surface area contributed by atoms with Crippen LogP contribution in [-0.2, 0) is 10.2 Å². The molecule has 0 aliphatic carbocycles. The number of rotatable bonds is 5. The first-order chi connectivity index (χ1) is 10.3. The van der Waals surface area contributed by atoms with Crippen LogP contribution in [0.3, 0.4) is 0 Å². The average molecular weight is 299 g/mol. The summed E-state index contributed by atoms with van der Waals surface area (Å²) in [6, 6.07) is 13.5. The zero-order chi connectivity index (χ0) is 16.3. The van der Waals surface area contributed by atoms with Crippen LogP contribution in [0.5, 0.6) is 11.5 Å². The molecule has 0 aliphatic heterocycles. The molecule has 0 heterocycles. The lowest BCUT2D eigenvalue weighted by Gasteiger charge is -2.34. The Morgan fingerprint density at radius 2 is 1.36 bits per heavy atom. The molecule has 2 aromatic rings. The summed E-state index contributed by atoms with van der Waals surface area (Å²) in [6.45, 7) is 3.57. The molecule has 116 valence electrons. The summed E-state index contributed by atoms with van der Waals surface area (Å²) in [7, 11) is 0. The van der Waals surface area contributed by atoms with Crippen LogP contribution in [0.2, 0.25) is 0 Å². The van der Waals surface area contributed by atoms with Crippen LogP contribution in [0, 0.1) is 5.92 Å². The first-order valence-corrected chi connectivity index (χ1v) is 7.13. The van der Waals surface area contributed by atoms with Crippen LogP contribution < -0.4 is 5.11 Å². The number of carboxylic acids is 1. The summed E-state index contributed by atoms with van der Waals surface area (Å²) in [5.41, 5.74) is 1.22. The number of hydrogen-bond acceptors (Lipinski definition) is 4. The van der Waals surface area contributed by atoms with Gasteiger partial charge in [-0.2, -0.15) is 0 Å². The monoisotopic (exact) mass is 299 g/mol. The van der Waals surface area contributed by atoms with Crippen molar-refractivity contribution < 1.29 is 20.1 Å². The summed E-state index contributed by atoms with van der Waals surface area (Å²) in [6.07, 6.45) is 0.352. The van der Waals surface area contributed by atoms with Gasteiger partial charge in [0.1, 0.15) is 11.5 Å². The predicted octanol–water partition coefficient (Wildman–Crippen LogP) is 2.18. The minimum atomic E-state index is -1.09. The Balaban J connectivity index is 2.50. The Kier molecular flexibility index (Phi) is 4.40. The molecule has 2 rings (SSSR count). The number of carbonyl (C=O) groups excluding carboxylic acids is 1. The molecule has 22 heavy (non-hydrogen) atoms. The molecular formula is C18H19O4-. The van der Waals surface area contributed by atoms with E-state index in [1.54, 1.807) is 55.5 Å². The topological polar surface area (TPSA) is 80.6 Å². The lowest BCUT2D eigenvalue weighted by Crippen LogP contribution is -2.35. The van der Waals surface area contributed by atoms with Gasteiger partial charge in [-0.25, -0.2) is 0 Å². The lowest BCUT2D eigenvalue weighted by molar-refractivity contribution is -0.311. The molecule has 1 unspecified atom stereocenters. The van der Waals surface area contributed by atoms with Crippen molar-refractivity contribution in [2.45, 2.75) is 25.7 Å². The smallest absolute Gasteiger partial charge is 0.115 e. The fourth-order valence-electron chi connectivity index (χ4n) is 2.76. The van der Waals surface area contributed by atoms with E-state index >= 15 is 0 Å². The normalized spacial score (nSPS) is 12.8. The third-order valence-corrected chi connectivity index (χ3v) is 4.13. The van der Waals surface area contributed by atoms with E-state index in [1.807, 2.05) is 6.92 Å². The SMILES string of the molecule is CC(CC(C)(c1ccc(O)cc1)c1ccc(O)cc1)C(=O)[O-]. The Morgan fingerprint density at radius 3 is 1.68 bits per heavy atom. The molecule has 0 bridgehead atoms. The van der Waals surface area contributed by atoms with Crippen LogP contribution in [-0.4, -0.2) is 16.2 Å². The van der Waals surface area contributed by atoms with Gasteiger partial charge in [-0.05, 0) is 47.7 Å². The van der Waals surface area contributed by atoms with Crippen LogP contribution in [0.1, 0.15) is 31.4 Å². The molecule has 2 N–H and O–H groups in total. The Morgan fingerprint density at radius 1 is 1.00 bits per heavy atom. The maximum atomic E-state index is 11.2. The van der Waals surface area contributed by atoms with Crippen molar-refractivity contribution in [2.75, 3.05) is 0 Å². The van der Waals surface area contributed by atoms with Crippen LogP contribution in [0.15, 0.2) is 48.5 Å². The number of aromatic hydroxyl groups is 2. The van der Waals surface area contributed by atoms with Crippen molar-refractivity contribution in [3.8, 4) is 11.5 Å². The van der Waals surface area contributed by atoms with E-state index in [1.165, 1.54) is 0 Å². The molecule has 0 spiro atoms. The van der Waals surface area contributed by atoms with Crippen molar-refractivity contribution in [2.24, 2.45) is 5.92 Å². The zero-order valence-electron chi connectivity index (χ0n) is 12.6. The predicted molar refractivity (Wildman–Crippen MR) is 81.5 cm³/mol. The molecule has 2 aromatic carbocycles. The minimum absolute atomic E-state index is 0.157. The fraction of sp³-hybridized carbons (Fsp3) is 0.278. The molecule has 0 radical (unpaired) electrons. The van der Waals surface area contributed by atoms with E-state index in [4.69, 9.17) is 0 Å². The van der Waals surface area contributed by atoms with Crippen molar-refractivity contribution in [3.05, 3.63) is 59.7 Å². The third-order valence-electron chi connectivity index (χ3n) is 4.13. The second kappa shape index (κ2) is 6.10. The summed E-state index contributed by atoms with van der Waals surface area (Å²) in [5.74, 6) is -1.41. The van der Waals surface area contributed by atoms with E-state index in [0.717, 1.165) is 11.1 Å². The number of aliphatic carboxylic acids is 1. The summed E-state index contributed by atoms with van der Waals surface area (Å²) in [4.78, 5) is 11.2. The largest absolute Gasteiger partial charge is 0.550 e. The van der Waals surface area contributed by atoms with Gasteiger partial charge in [-0.3, -0.25) is 0 Å². The molecule has 1 atom stereocenters. The van der Waals surface area contributed by atoms with Gasteiger partial charge >= 0.3 is 0 Å². The molecule has 0 saturated heterocycles. The summed E-state index contributed by atoms with van der Waals surface area (Å²) in [5, 5.41) is 30.1. The highest BCUT2D eigenvalue weighted by molar-refractivity contribution is 5.67. The molecular weight excluding hydrogens is 280 g/mol. The Labute approximate surface area is 129 Å². The maximum Gasteiger partial charge on any atom is 0.115 e. The first-order valence-electron chi connectivity index (χ1n) is 7.13. The molecule has 0 aromatic heterocycles. The maximum absolute atomic E-state index is 11.2. The minimum Gasteiger partial charge on any atom is -0.550 e. The van der Waals surface area contributed by atoms with Crippen LogP contribution >= 0.6 is 0 Å². The van der Waals surface area contributed by atoms with Crippen LogP contribution in [0.25, 0.3) is 0 Å². The Bertz CT molecular complexity index is 598. The number of phenols is 2. The molecule has 0 aliphatic rings. The quantitative estimate of drug-likeness (QED) is 0.886. The van der Waals surface area contributed by atoms with Crippen molar-refractivity contribution in [1.82, 2.24) is 0 Å². The van der Waals surface area contributed by atoms with Gasteiger partial charge in [0, 0.05) is 11.4 Å². The number of benzene rings is 2. The average Bonchev–Trinajstić information content (AvgIpc) is 2.48. The number of carboxylic acid groups (broad SMARTS) is 1. The van der Waals surface area contributed by atoms with Crippen molar-refractivity contribution in [3.63, 3.8) is 0 Å². The second-order valence-electron chi connectivity index (χ2n) is 5.85. The van der Waals surface area contributed by atoms with Gasteiger partial charge in [-0.15, -0.1) is 0 Å². The van der Waals surface area contributed by atoms with E-state index in [0.29, 0.717) is 6.42 Å². The van der Waals surface area contributed by atoms with Gasteiger partial charge in [0.05, 0.1) is 0 Å². The van der Waals surface area contributed by atoms with Gasteiger partial charge in [0.2, 0.25) is 0 Å². The standard InChI is InChI=1S/C18H20O4/c1-12(17(21)22)11-18(2,13-3-7-15(19)8-4-13)14-5-9-16(20)10-6-14/h3-10,12,19-20H,11H2,1-2H3,(H,21,22)/p-1. The Hall–Kier alpha value is -2.49. The number of carbonyl (C=O) groups is 1. The second-order valence-corrected chi connectivity index (χ2v) is 5.85. The van der Waals surface area contributed by atoms with Crippen molar-refractivity contribution in [1.29, 1.82) is 0 Å². The zero-order valence-corrected chi connectivity index (χ0v) is 12.6.